The molecule has 5 rings (SSSR count). The molecule has 1 aromatic heterocycles. The Hall–Kier alpha value is -2.11. The number of hydrogen-bond acceptors (Lipinski definition) is 5. The highest BCUT2D eigenvalue weighted by molar-refractivity contribution is 5.50. The van der Waals surface area contributed by atoms with E-state index in [0.29, 0.717) is 5.92 Å². The highest BCUT2D eigenvalue weighted by Gasteiger charge is 2.53. The van der Waals surface area contributed by atoms with Gasteiger partial charge in [0.25, 0.3) is 0 Å². The predicted molar refractivity (Wildman–Crippen MR) is 107 cm³/mol. The molecule has 4 heterocycles. The van der Waals surface area contributed by atoms with Crippen LogP contribution in [0.4, 0.5) is 0 Å². The fourth-order valence-corrected chi connectivity index (χ4v) is 5.22. The number of nitrogens with zero attached hydrogens (tertiary/aromatic N) is 2. The zero-order valence-electron chi connectivity index (χ0n) is 16.5. The van der Waals surface area contributed by atoms with E-state index in [4.69, 9.17) is 14.2 Å². The van der Waals surface area contributed by atoms with Crippen LogP contribution in [-0.2, 0) is 11.3 Å². The van der Waals surface area contributed by atoms with E-state index in [-0.39, 0.29) is 11.7 Å². The molecule has 2 aromatic rings. The van der Waals surface area contributed by atoms with Gasteiger partial charge in [-0.25, -0.2) is 0 Å². The van der Waals surface area contributed by atoms with E-state index in [0.717, 1.165) is 68.3 Å². The Morgan fingerprint density at radius 3 is 2.86 bits per heavy atom. The number of ether oxygens (including phenoxy) is 3. The molecule has 2 atom stereocenters. The summed E-state index contributed by atoms with van der Waals surface area (Å²) >= 11 is 0. The van der Waals surface area contributed by atoms with Crippen LogP contribution in [-0.4, -0.2) is 42.3 Å². The van der Waals surface area contributed by atoms with E-state index in [2.05, 4.69) is 28.1 Å². The highest BCUT2D eigenvalue weighted by Crippen LogP contribution is 2.55. The minimum Gasteiger partial charge on any atom is -0.493 e. The lowest BCUT2D eigenvalue weighted by Gasteiger charge is -2.53. The van der Waals surface area contributed by atoms with Gasteiger partial charge in [-0.3, -0.25) is 9.88 Å². The van der Waals surface area contributed by atoms with Gasteiger partial charge in [0, 0.05) is 56.8 Å². The summed E-state index contributed by atoms with van der Waals surface area (Å²) in [5, 5.41) is 0. The summed E-state index contributed by atoms with van der Waals surface area (Å²) in [7, 11) is 1.72. The predicted octanol–water partition coefficient (Wildman–Crippen LogP) is 3.99. The molecule has 3 aliphatic heterocycles. The van der Waals surface area contributed by atoms with Crippen molar-refractivity contribution in [2.75, 3.05) is 26.8 Å². The third-order valence-corrected chi connectivity index (χ3v) is 6.65. The largest absolute Gasteiger partial charge is 0.493 e. The van der Waals surface area contributed by atoms with Crippen molar-refractivity contribution in [3.05, 3.63) is 53.9 Å². The van der Waals surface area contributed by atoms with Gasteiger partial charge in [0.1, 0.15) is 5.60 Å². The number of pyridine rings is 1. The first kappa shape index (κ1) is 18.0. The zero-order valence-corrected chi connectivity index (χ0v) is 16.5. The normalized spacial score (nSPS) is 26.2. The summed E-state index contributed by atoms with van der Waals surface area (Å²) < 4.78 is 18.7. The molecular weight excluding hydrogens is 352 g/mol. The van der Waals surface area contributed by atoms with Crippen LogP contribution < -0.4 is 9.47 Å². The van der Waals surface area contributed by atoms with Crippen molar-refractivity contribution in [1.82, 2.24) is 9.88 Å². The molecule has 0 N–H and O–H groups in total. The van der Waals surface area contributed by atoms with Gasteiger partial charge in [-0.2, -0.15) is 0 Å². The molecule has 28 heavy (non-hydrogen) atoms. The number of likely N-dealkylation sites (tertiary alicyclic amines) is 1. The lowest BCUT2D eigenvalue weighted by Crippen LogP contribution is -2.57. The van der Waals surface area contributed by atoms with Crippen LogP contribution in [0, 0.1) is 5.92 Å². The smallest absolute Gasteiger partial charge is 0.167 e. The van der Waals surface area contributed by atoms with E-state index in [1.165, 1.54) is 6.42 Å². The Kier molecular flexibility index (Phi) is 4.73. The van der Waals surface area contributed by atoms with Crippen LogP contribution >= 0.6 is 0 Å². The van der Waals surface area contributed by atoms with Crippen LogP contribution in [0.2, 0.25) is 0 Å². The second-order valence-corrected chi connectivity index (χ2v) is 8.18. The molecular formula is C23H28N2O3. The van der Waals surface area contributed by atoms with Crippen LogP contribution in [0.1, 0.15) is 43.0 Å². The zero-order chi connectivity index (χ0) is 19.0. The molecule has 5 heteroatoms. The maximum absolute atomic E-state index is 6.80. The monoisotopic (exact) mass is 380 g/mol. The number of rotatable bonds is 3. The van der Waals surface area contributed by atoms with Gasteiger partial charge < -0.3 is 14.2 Å². The summed E-state index contributed by atoms with van der Waals surface area (Å²) in [5.41, 5.74) is 2.13. The fourth-order valence-electron chi connectivity index (χ4n) is 5.22. The van der Waals surface area contributed by atoms with E-state index >= 15 is 0 Å². The summed E-state index contributed by atoms with van der Waals surface area (Å²) in [6, 6.07) is 12.3. The lowest BCUT2D eigenvalue weighted by molar-refractivity contribution is -0.150. The molecule has 1 spiro atoms. The summed E-state index contributed by atoms with van der Waals surface area (Å²) in [5.74, 6) is 2.13. The molecule has 0 amide bonds. The minimum absolute atomic E-state index is 0.120. The Morgan fingerprint density at radius 1 is 1.18 bits per heavy atom. The van der Waals surface area contributed by atoms with Crippen molar-refractivity contribution >= 4 is 0 Å². The Bertz CT molecular complexity index is 818. The molecule has 0 unspecified atom stereocenters. The SMILES string of the molecule is COc1cccc2c1OC1(CCN(Cc3ccccn3)CC1)[C@H]1CCCO[C@H]21. The van der Waals surface area contributed by atoms with Gasteiger partial charge >= 0.3 is 0 Å². The molecule has 3 aliphatic rings. The second kappa shape index (κ2) is 7.37. The van der Waals surface area contributed by atoms with Crippen molar-refractivity contribution < 1.29 is 14.2 Å². The summed E-state index contributed by atoms with van der Waals surface area (Å²) in [6.45, 7) is 3.77. The van der Waals surface area contributed by atoms with Crippen molar-refractivity contribution in [1.29, 1.82) is 0 Å². The maximum Gasteiger partial charge on any atom is 0.167 e. The maximum atomic E-state index is 6.80. The molecule has 2 saturated heterocycles. The van der Waals surface area contributed by atoms with Crippen LogP contribution in [0.15, 0.2) is 42.6 Å². The van der Waals surface area contributed by atoms with Gasteiger partial charge in [0.2, 0.25) is 0 Å². The second-order valence-electron chi connectivity index (χ2n) is 8.18. The van der Waals surface area contributed by atoms with E-state index < -0.39 is 0 Å². The topological polar surface area (TPSA) is 43.8 Å². The Morgan fingerprint density at radius 2 is 2.07 bits per heavy atom. The third kappa shape index (κ3) is 3.07. The van der Waals surface area contributed by atoms with E-state index in [9.17, 15) is 0 Å². The number of aromatic nitrogens is 1. The number of hydrogen-bond donors (Lipinski definition) is 0. The van der Waals surface area contributed by atoms with Crippen LogP contribution in [0.3, 0.4) is 0 Å². The van der Waals surface area contributed by atoms with Gasteiger partial charge in [-0.15, -0.1) is 0 Å². The standard InChI is InChI=1S/C23H28N2O3/c1-26-20-9-4-7-18-21-19(8-5-15-27-21)23(28-22(18)20)10-13-25(14-11-23)16-17-6-2-3-12-24-17/h2-4,6-7,9,12,19,21H,5,8,10-11,13-16H2,1H3/t19-,21+/m0/s1. The number of benzene rings is 1. The van der Waals surface area contributed by atoms with Crippen molar-refractivity contribution in [2.24, 2.45) is 5.92 Å². The molecule has 5 nitrogen and oxygen atoms in total. The summed E-state index contributed by atoms with van der Waals surface area (Å²) in [4.78, 5) is 6.98. The number of para-hydroxylation sites is 1. The van der Waals surface area contributed by atoms with Crippen molar-refractivity contribution in [2.45, 2.75) is 43.9 Å². The molecule has 148 valence electrons. The molecule has 0 radical (unpaired) electrons. The van der Waals surface area contributed by atoms with Crippen LogP contribution in [0.25, 0.3) is 0 Å². The average Bonchev–Trinajstić information content (AvgIpc) is 2.76. The number of fused-ring (bicyclic) bond motifs is 4. The molecule has 0 bridgehead atoms. The summed E-state index contributed by atoms with van der Waals surface area (Å²) in [6.07, 6.45) is 6.31. The highest BCUT2D eigenvalue weighted by atomic mass is 16.5. The van der Waals surface area contributed by atoms with Gasteiger partial charge in [-0.1, -0.05) is 18.2 Å². The van der Waals surface area contributed by atoms with Crippen molar-refractivity contribution in [3.63, 3.8) is 0 Å². The first-order chi connectivity index (χ1) is 13.8. The first-order valence-electron chi connectivity index (χ1n) is 10.4. The lowest BCUT2D eigenvalue weighted by atomic mass is 9.70. The van der Waals surface area contributed by atoms with Gasteiger partial charge in [0.05, 0.1) is 18.9 Å². The Labute approximate surface area is 166 Å². The average molecular weight is 380 g/mol. The van der Waals surface area contributed by atoms with E-state index in [1.54, 1.807) is 7.11 Å². The van der Waals surface area contributed by atoms with Crippen molar-refractivity contribution in [3.8, 4) is 11.5 Å². The first-order valence-corrected chi connectivity index (χ1v) is 10.4. The quantitative estimate of drug-likeness (QED) is 0.806. The Balaban J connectivity index is 1.40. The van der Waals surface area contributed by atoms with E-state index in [1.807, 2.05) is 24.4 Å². The van der Waals surface area contributed by atoms with Gasteiger partial charge in [0.15, 0.2) is 11.5 Å². The number of methoxy groups -OCH3 is 1. The molecule has 1 aromatic carbocycles. The molecule has 0 saturated carbocycles. The molecule has 0 aliphatic carbocycles. The number of piperidine rings is 1. The fraction of sp³-hybridized carbons (Fsp3) is 0.522. The van der Waals surface area contributed by atoms with Crippen LogP contribution in [0.5, 0.6) is 11.5 Å². The third-order valence-electron chi connectivity index (χ3n) is 6.65. The van der Waals surface area contributed by atoms with Gasteiger partial charge in [-0.05, 0) is 31.0 Å². The minimum atomic E-state index is -0.159. The molecule has 2 fully saturated rings.